The van der Waals surface area contributed by atoms with E-state index < -0.39 is 5.41 Å². The molecule has 7 nitrogen and oxygen atoms in total. The first-order valence-electron chi connectivity index (χ1n) is 18.5. The topological polar surface area (TPSA) is 105 Å². The van der Waals surface area contributed by atoms with Crippen molar-refractivity contribution in [3.63, 3.8) is 0 Å². The van der Waals surface area contributed by atoms with Crippen LogP contribution in [0.1, 0.15) is 118 Å². The summed E-state index contributed by atoms with van der Waals surface area (Å²) >= 11 is 0. The molecule has 1 heterocycles. The van der Waals surface area contributed by atoms with Crippen molar-refractivity contribution in [3.8, 4) is 22.8 Å². The van der Waals surface area contributed by atoms with Crippen LogP contribution in [-0.4, -0.2) is 34.5 Å². The molecule has 4 saturated carbocycles. The standard InChI is InChI=1S/C41H58N2O5/c1-36(2)17-19-41(35(46)42-24-26-21-30(43-48-26)27-10-9-25(47-8)22-31(27)44)20-18-39(6)28(29(41)23-36)11-12-33-38(5)15-14-34(45)37(3,4)32(38)13-16-40(33,39)7/h9-11,21-22,29,32-34,44-45H,12-20,23-24H2,1-8H3,(H,42,46)/t29-,32?,33?,34-,38-,39+,40+,41-/m0/s1. The molecule has 5 aliphatic rings. The summed E-state index contributed by atoms with van der Waals surface area (Å²) in [7, 11) is 1.56. The second-order valence-corrected chi connectivity index (χ2v) is 18.5. The number of ether oxygens (including phenoxy) is 1. The van der Waals surface area contributed by atoms with Crippen molar-refractivity contribution in [1.82, 2.24) is 10.5 Å². The van der Waals surface area contributed by atoms with Crippen LogP contribution in [0, 0.1) is 50.2 Å². The quantitative estimate of drug-likeness (QED) is 0.277. The molecule has 0 bridgehead atoms. The molecule has 8 atom stereocenters. The lowest BCUT2D eigenvalue weighted by molar-refractivity contribution is -0.203. The molecular formula is C41H58N2O5. The molecule has 1 aromatic heterocycles. The predicted molar refractivity (Wildman–Crippen MR) is 187 cm³/mol. The summed E-state index contributed by atoms with van der Waals surface area (Å²) in [4.78, 5) is 14.5. The molecule has 5 aliphatic carbocycles. The number of aliphatic hydroxyl groups excluding tert-OH is 1. The van der Waals surface area contributed by atoms with E-state index in [2.05, 4.69) is 65.0 Å². The van der Waals surface area contributed by atoms with Crippen molar-refractivity contribution in [2.75, 3.05) is 7.11 Å². The Hall–Kier alpha value is -2.80. The fourth-order valence-electron chi connectivity index (χ4n) is 12.4. The van der Waals surface area contributed by atoms with Gasteiger partial charge in [0.1, 0.15) is 17.2 Å². The lowest BCUT2D eigenvalue weighted by Crippen LogP contribution is -2.65. The van der Waals surface area contributed by atoms with Crippen molar-refractivity contribution < 1.29 is 24.3 Å². The number of phenols is 1. The van der Waals surface area contributed by atoms with Gasteiger partial charge in [-0.3, -0.25) is 4.79 Å². The zero-order chi connectivity index (χ0) is 34.5. The smallest absolute Gasteiger partial charge is 0.227 e. The fourth-order valence-corrected chi connectivity index (χ4v) is 12.4. The lowest BCUT2D eigenvalue weighted by atomic mass is 9.33. The molecule has 7 heteroatoms. The van der Waals surface area contributed by atoms with Gasteiger partial charge in [-0.2, -0.15) is 0 Å². The molecule has 1 aromatic carbocycles. The highest BCUT2D eigenvalue weighted by molar-refractivity contribution is 5.84. The van der Waals surface area contributed by atoms with Gasteiger partial charge in [-0.25, -0.2) is 0 Å². The maximum Gasteiger partial charge on any atom is 0.227 e. The SMILES string of the molecule is COc1ccc(-c2cc(CNC(=O)[C@]34CCC(C)(C)C[C@H]3C3=CCC5[C@@]6(C)CC[C@H](O)C(C)(C)C6CC[C@@]5(C)[C@]3(C)CC4)on2)c(O)c1. The third-order valence-electron chi connectivity index (χ3n) is 15.5. The van der Waals surface area contributed by atoms with Crippen LogP contribution in [0.4, 0.5) is 0 Å². The second kappa shape index (κ2) is 11.1. The van der Waals surface area contributed by atoms with Crippen LogP contribution in [0.3, 0.4) is 0 Å². The number of hydrogen-bond donors (Lipinski definition) is 3. The molecular weight excluding hydrogens is 600 g/mol. The second-order valence-electron chi connectivity index (χ2n) is 18.5. The van der Waals surface area contributed by atoms with Gasteiger partial charge in [-0.05, 0) is 121 Å². The van der Waals surface area contributed by atoms with E-state index >= 15 is 0 Å². The number of rotatable bonds is 5. The van der Waals surface area contributed by atoms with Gasteiger partial charge in [0.2, 0.25) is 5.91 Å². The number of methoxy groups -OCH3 is 1. The van der Waals surface area contributed by atoms with Crippen LogP contribution < -0.4 is 10.1 Å². The molecule has 2 unspecified atom stereocenters. The van der Waals surface area contributed by atoms with Gasteiger partial charge >= 0.3 is 0 Å². The highest BCUT2D eigenvalue weighted by Crippen LogP contribution is 2.75. The van der Waals surface area contributed by atoms with Crippen molar-refractivity contribution in [3.05, 3.63) is 41.7 Å². The summed E-state index contributed by atoms with van der Waals surface area (Å²) in [6.45, 7) is 17.4. The van der Waals surface area contributed by atoms with Crippen LogP contribution in [0.15, 0.2) is 40.4 Å². The number of phenolic OH excluding ortho intramolecular Hbond substituents is 1. The predicted octanol–water partition coefficient (Wildman–Crippen LogP) is 8.83. The molecule has 2 aromatic rings. The number of aromatic hydroxyl groups is 1. The Labute approximate surface area is 287 Å². The Morgan fingerprint density at radius 3 is 2.46 bits per heavy atom. The van der Waals surface area contributed by atoms with E-state index in [1.807, 2.05) is 0 Å². The lowest BCUT2D eigenvalue weighted by Gasteiger charge is -2.71. The molecule has 0 spiro atoms. The zero-order valence-electron chi connectivity index (χ0n) is 30.5. The first-order chi connectivity index (χ1) is 22.5. The van der Waals surface area contributed by atoms with E-state index in [4.69, 9.17) is 9.26 Å². The number of fused-ring (bicyclic) bond motifs is 7. The van der Waals surface area contributed by atoms with Crippen molar-refractivity contribution in [2.24, 2.45) is 50.2 Å². The molecule has 1 amide bonds. The van der Waals surface area contributed by atoms with Crippen LogP contribution in [0.2, 0.25) is 0 Å². The summed E-state index contributed by atoms with van der Waals surface area (Å²) in [5.74, 6) is 2.66. The third kappa shape index (κ3) is 4.75. The van der Waals surface area contributed by atoms with E-state index in [0.29, 0.717) is 34.6 Å². The number of aliphatic hydroxyl groups is 1. The molecule has 48 heavy (non-hydrogen) atoms. The van der Waals surface area contributed by atoms with Gasteiger partial charge in [-0.15, -0.1) is 0 Å². The number of hydrogen-bond acceptors (Lipinski definition) is 6. The minimum Gasteiger partial charge on any atom is -0.507 e. The molecule has 0 saturated heterocycles. The molecule has 0 radical (unpaired) electrons. The average molecular weight is 659 g/mol. The number of nitrogens with one attached hydrogen (secondary N) is 1. The first-order valence-corrected chi connectivity index (χ1v) is 18.5. The Morgan fingerprint density at radius 2 is 1.73 bits per heavy atom. The van der Waals surface area contributed by atoms with Crippen molar-refractivity contribution in [2.45, 2.75) is 125 Å². The number of aromatic nitrogens is 1. The van der Waals surface area contributed by atoms with E-state index in [1.54, 1.807) is 36.9 Å². The van der Waals surface area contributed by atoms with Crippen LogP contribution in [-0.2, 0) is 11.3 Å². The Bertz CT molecular complexity index is 1620. The molecule has 3 N–H and O–H groups in total. The maximum atomic E-state index is 14.5. The summed E-state index contributed by atoms with van der Waals surface area (Å²) < 4.78 is 10.9. The zero-order valence-corrected chi connectivity index (χ0v) is 30.5. The number of carbonyl (C=O) groups excluding carboxylic acids is 1. The molecule has 0 aliphatic heterocycles. The Kier molecular flexibility index (Phi) is 7.79. The average Bonchev–Trinajstić information content (AvgIpc) is 3.50. The minimum atomic E-state index is -0.431. The third-order valence-corrected chi connectivity index (χ3v) is 15.5. The monoisotopic (exact) mass is 658 g/mol. The number of benzene rings is 1. The molecule has 262 valence electrons. The summed E-state index contributed by atoms with van der Waals surface area (Å²) in [6, 6.07) is 6.89. The van der Waals surface area contributed by atoms with Crippen molar-refractivity contribution >= 4 is 5.91 Å². The van der Waals surface area contributed by atoms with Gasteiger partial charge < -0.3 is 24.8 Å². The van der Waals surface area contributed by atoms with E-state index in [1.165, 1.54) is 12.8 Å². The Morgan fingerprint density at radius 1 is 0.979 bits per heavy atom. The highest BCUT2D eigenvalue weighted by Gasteiger charge is 2.69. The normalized spacial score (nSPS) is 39.6. The summed E-state index contributed by atoms with van der Waals surface area (Å²) in [5, 5.41) is 29.1. The molecule has 4 fully saturated rings. The number of carbonyl (C=O) groups is 1. The van der Waals surface area contributed by atoms with Crippen LogP contribution >= 0.6 is 0 Å². The van der Waals surface area contributed by atoms with Gasteiger partial charge in [-0.1, -0.05) is 65.3 Å². The van der Waals surface area contributed by atoms with E-state index in [9.17, 15) is 15.0 Å². The highest BCUT2D eigenvalue weighted by atomic mass is 16.5. The number of nitrogens with zero attached hydrogens (tertiary/aromatic N) is 1. The van der Waals surface area contributed by atoms with Crippen molar-refractivity contribution in [1.29, 1.82) is 0 Å². The molecule has 7 rings (SSSR count). The van der Waals surface area contributed by atoms with Gasteiger partial charge in [0.15, 0.2) is 5.76 Å². The Balaban J connectivity index is 1.16. The van der Waals surface area contributed by atoms with E-state index in [0.717, 1.165) is 51.4 Å². The maximum absolute atomic E-state index is 14.5. The van der Waals surface area contributed by atoms with Gasteiger partial charge in [0.05, 0.1) is 25.2 Å². The summed E-state index contributed by atoms with van der Waals surface area (Å²) in [6.07, 6.45) is 12.8. The van der Waals surface area contributed by atoms with Gasteiger partial charge in [0.25, 0.3) is 0 Å². The first kappa shape index (κ1) is 33.7. The minimum absolute atomic E-state index is 0.0478. The number of amides is 1. The van der Waals surface area contributed by atoms with Crippen LogP contribution in [0.5, 0.6) is 11.5 Å². The number of allylic oxidation sites excluding steroid dienone is 2. The van der Waals surface area contributed by atoms with Crippen LogP contribution in [0.25, 0.3) is 11.3 Å². The largest absolute Gasteiger partial charge is 0.507 e. The summed E-state index contributed by atoms with van der Waals surface area (Å²) in [5.41, 5.74) is 2.74. The van der Waals surface area contributed by atoms with E-state index in [-0.39, 0.29) is 57.3 Å². The fraction of sp³-hybridized carbons (Fsp3) is 0.707. The van der Waals surface area contributed by atoms with Gasteiger partial charge in [0, 0.05) is 17.7 Å².